The van der Waals surface area contributed by atoms with Crippen molar-refractivity contribution in [3.8, 4) is 5.75 Å². The first-order valence-corrected chi connectivity index (χ1v) is 8.83. The Kier molecular flexibility index (Phi) is 7.73. The van der Waals surface area contributed by atoms with Crippen molar-refractivity contribution in [2.24, 2.45) is 0 Å². The largest absolute Gasteiger partial charge is 0.479 e. The van der Waals surface area contributed by atoms with E-state index < -0.39 is 12.1 Å². The maximum absolute atomic E-state index is 12.3. The SMILES string of the molecule is COCCOC(=O)C(C)Oc1ccc(C(=O)NC2CCCCC2)cc1. The molecule has 0 saturated heterocycles. The van der Waals surface area contributed by atoms with Gasteiger partial charge in [-0.3, -0.25) is 4.79 Å². The van der Waals surface area contributed by atoms with Crippen molar-refractivity contribution >= 4 is 11.9 Å². The Morgan fingerprint density at radius 3 is 2.44 bits per heavy atom. The third kappa shape index (κ3) is 6.38. The van der Waals surface area contributed by atoms with Crippen LogP contribution in [0.5, 0.6) is 5.75 Å². The highest BCUT2D eigenvalue weighted by Crippen LogP contribution is 2.19. The second-order valence-electron chi connectivity index (χ2n) is 6.25. The molecule has 0 spiro atoms. The van der Waals surface area contributed by atoms with Crippen LogP contribution in [0.1, 0.15) is 49.4 Å². The minimum atomic E-state index is -0.723. The van der Waals surface area contributed by atoms with Crippen molar-refractivity contribution in [1.29, 1.82) is 0 Å². The number of methoxy groups -OCH3 is 1. The van der Waals surface area contributed by atoms with Gasteiger partial charge in [-0.2, -0.15) is 0 Å². The van der Waals surface area contributed by atoms with Crippen molar-refractivity contribution in [1.82, 2.24) is 5.32 Å². The van der Waals surface area contributed by atoms with Crippen molar-refractivity contribution in [2.75, 3.05) is 20.3 Å². The number of amides is 1. The second-order valence-corrected chi connectivity index (χ2v) is 6.25. The highest BCUT2D eigenvalue weighted by Gasteiger charge is 2.18. The lowest BCUT2D eigenvalue weighted by atomic mass is 9.95. The number of hydrogen-bond acceptors (Lipinski definition) is 5. The van der Waals surface area contributed by atoms with E-state index in [1.807, 2.05) is 0 Å². The van der Waals surface area contributed by atoms with Gasteiger partial charge in [0, 0.05) is 18.7 Å². The number of benzene rings is 1. The molecule has 1 aromatic carbocycles. The van der Waals surface area contributed by atoms with Crippen LogP contribution in [0.3, 0.4) is 0 Å². The number of hydrogen-bond donors (Lipinski definition) is 1. The van der Waals surface area contributed by atoms with Crippen molar-refractivity contribution in [3.05, 3.63) is 29.8 Å². The average Bonchev–Trinajstić information content (AvgIpc) is 2.63. The van der Waals surface area contributed by atoms with Gasteiger partial charge in [0.2, 0.25) is 0 Å². The van der Waals surface area contributed by atoms with Gasteiger partial charge in [-0.1, -0.05) is 19.3 Å². The standard InChI is InChI=1S/C19H27NO5/c1-14(19(22)24-13-12-23-2)25-17-10-8-15(9-11-17)18(21)20-16-6-4-3-5-7-16/h8-11,14,16H,3-7,12-13H2,1-2H3,(H,20,21). The Labute approximate surface area is 148 Å². The van der Waals surface area contributed by atoms with Crippen molar-refractivity contribution in [3.63, 3.8) is 0 Å². The summed E-state index contributed by atoms with van der Waals surface area (Å²) < 4.78 is 15.4. The van der Waals surface area contributed by atoms with E-state index in [9.17, 15) is 9.59 Å². The molecule has 1 aliphatic carbocycles. The molecule has 0 aliphatic heterocycles. The second kappa shape index (κ2) is 10.0. The van der Waals surface area contributed by atoms with Crippen LogP contribution in [0, 0.1) is 0 Å². The predicted octanol–water partition coefficient (Wildman–Crippen LogP) is 2.71. The Balaban J connectivity index is 1.82. The topological polar surface area (TPSA) is 73.9 Å². The normalized spacial score (nSPS) is 16.1. The Hall–Kier alpha value is -2.08. The number of esters is 1. The summed E-state index contributed by atoms with van der Waals surface area (Å²) in [4.78, 5) is 24.0. The summed E-state index contributed by atoms with van der Waals surface area (Å²) in [6, 6.07) is 7.06. The highest BCUT2D eigenvalue weighted by atomic mass is 16.6. The van der Waals surface area contributed by atoms with Gasteiger partial charge in [0.05, 0.1) is 6.61 Å². The summed E-state index contributed by atoms with van der Waals surface area (Å²) in [6.45, 7) is 2.17. The molecular formula is C19H27NO5. The first kappa shape index (κ1) is 19.2. The number of ether oxygens (including phenoxy) is 3. The molecule has 6 nitrogen and oxygen atoms in total. The fraction of sp³-hybridized carbons (Fsp3) is 0.579. The van der Waals surface area contributed by atoms with E-state index in [2.05, 4.69) is 5.32 Å². The number of rotatable bonds is 8. The first-order chi connectivity index (χ1) is 12.1. The molecule has 2 rings (SSSR count). The van der Waals surface area contributed by atoms with Crippen LogP contribution in [0.25, 0.3) is 0 Å². The van der Waals surface area contributed by atoms with Crippen LogP contribution in [0.4, 0.5) is 0 Å². The lowest BCUT2D eigenvalue weighted by Crippen LogP contribution is -2.36. The summed E-state index contributed by atoms with van der Waals surface area (Å²) in [5.74, 6) is 0.00653. The van der Waals surface area contributed by atoms with Gasteiger partial charge in [-0.05, 0) is 44.0 Å². The van der Waals surface area contributed by atoms with E-state index in [0.717, 1.165) is 12.8 Å². The van der Waals surface area contributed by atoms with E-state index in [4.69, 9.17) is 14.2 Å². The monoisotopic (exact) mass is 349 g/mol. The molecule has 0 bridgehead atoms. The van der Waals surface area contributed by atoms with E-state index in [-0.39, 0.29) is 18.6 Å². The van der Waals surface area contributed by atoms with Gasteiger partial charge < -0.3 is 19.5 Å². The van der Waals surface area contributed by atoms with Crippen LogP contribution in [-0.4, -0.2) is 44.3 Å². The quantitative estimate of drug-likeness (QED) is 0.577. The van der Waals surface area contributed by atoms with Gasteiger partial charge in [-0.15, -0.1) is 0 Å². The number of carbonyl (C=O) groups excluding carboxylic acids is 2. The summed E-state index contributed by atoms with van der Waals surface area (Å²) in [6.07, 6.45) is 4.99. The Morgan fingerprint density at radius 1 is 1.12 bits per heavy atom. The zero-order valence-corrected chi connectivity index (χ0v) is 15.0. The van der Waals surface area contributed by atoms with Gasteiger partial charge >= 0.3 is 5.97 Å². The average molecular weight is 349 g/mol. The van der Waals surface area contributed by atoms with Crippen LogP contribution in [-0.2, 0) is 14.3 Å². The van der Waals surface area contributed by atoms with Gasteiger partial charge in [-0.25, -0.2) is 4.79 Å². The molecule has 1 aromatic rings. The van der Waals surface area contributed by atoms with Crippen LogP contribution in [0.15, 0.2) is 24.3 Å². The molecule has 1 aliphatic rings. The fourth-order valence-corrected chi connectivity index (χ4v) is 2.80. The van der Waals surface area contributed by atoms with E-state index in [1.54, 1.807) is 38.3 Å². The molecular weight excluding hydrogens is 322 g/mol. The van der Waals surface area contributed by atoms with Crippen LogP contribution < -0.4 is 10.1 Å². The molecule has 1 saturated carbocycles. The molecule has 1 unspecified atom stereocenters. The third-order valence-electron chi connectivity index (χ3n) is 4.23. The molecule has 1 fully saturated rings. The molecule has 1 atom stereocenters. The Morgan fingerprint density at radius 2 is 1.80 bits per heavy atom. The summed E-state index contributed by atoms with van der Waals surface area (Å²) in [5, 5.41) is 3.08. The summed E-state index contributed by atoms with van der Waals surface area (Å²) >= 11 is 0. The zero-order chi connectivity index (χ0) is 18.1. The maximum atomic E-state index is 12.3. The minimum absolute atomic E-state index is 0.0644. The van der Waals surface area contributed by atoms with E-state index >= 15 is 0 Å². The highest BCUT2D eigenvalue weighted by molar-refractivity contribution is 5.94. The van der Waals surface area contributed by atoms with Crippen LogP contribution in [0.2, 0.25) is 0 Å². The van der Waals surface area contributed by atoms with Gasteiger partial charge in [0.15, 0.2) is 6.10 Å². The van der Waals surface area contributed by atoms with Gasteiger partial charge in [0.25, 0.3) is 5.91 Å². The first-order valence-electron chi connectivity index (χ1n) is 8.83. The van der Waals surface area contributed by atoms with E-state index in [1.165, 1.54) is 19.3 Å². The fourth-order valence-electron chi connectivity index (χ4n) is 2.80. The summed E-state index contributed by atoms with van der Waals surface area (Å²) in [7, 11) is 1.54. The molecule has 0 heterocycles. The van der Waals surface area contributed by atoms with Crippen molar-refractivity contribution < 1.29 is 23.8 Å². The molecule has 6 heteroatoms. The maximum Gasteiger partial charge on any atom is 0.347 e. The number of nitrogens with one attached hydrogen (secondary N) is 1. The summed E-state index contributed by atoms with van der Waals surface area (Å²) in [5.41, 5.74) is 0.591. The van der Waals surface area contributed by atoms with Crippen LogP contribution >= 0.6 is 0 Å². The third-order valence-corrected chi connectivity index (χ3v) is 4.23. The molecule has 1 N–H and O–H groups in total. The smallest absolute Gasteiger partial charge is 0.347 e. The molecule has 0 aromatic heterocycles. The molecule has 0 radical (unpaired) electrons. The lowest BCUT2D eigenvalue weighted by molar-refractivity contribution is -0.152. The Bertz CT molecular complexity index is 551. The molecule has 1 amide bonds. The molecule has 138 valence electrons. The minimum Gasteiger partial charge on any atom is -0.479 e. The molecule has 25 heavy (non-hydrogen) atoms. The number of carbonyl (C=O) groups is 2. The zero-order valence-electron chi connectivity index (χ0n) is 15.0. The lowest BCUT2D eigenvalue weighted by Gasteiger charge is -2.22. The van der Waals surface area contributed by atoms with Gasteiger partial charge in [0.1, 0.15) is 12.4 Å². The predicted molar refractivity (Wildman–Crippen MR) is 93.7 cm³/mol. The van der Waals surface area contributed by atoms with Crippen molar-refractivity contribution in [2.45, 2.75) is 51.2 Å². The van der Waals surface area contributed by atoms with E-state index in [0.29, 0.717) is 17.9 Å².